The summed E-state index contributed by atoms with van der Waals surface area (Å²) in [5, 5.41) is 6.27. The molecule has 0 aliphatic carbocycles. The molecule has 110 valence electrons. The first-order valence-electron chi connectivity index (χ1n) is 7.46. The lowest BCUT2D eigenvalue weighted by Gasteiger charge is -2.16. The molecule has 0 radical (unpaired) electrons. The number of carbonyl (C=O) groups excluding carboxylic acids is 1. The smallest absolute Gasteiger partial charge is 0.230 e. The number of rotatable bonds is 6. The number of hydrogen-bond donors (Lipinski definition) is 2. The van der Waals surface area contributed by atoms with Crippen LogP contribution >= 0.6 is 0 Å². The number of anilines is 1. The molecule has 2 N–H and O–H groups in total. The third-order valence-electron chi connectivity index (χ3n) is 3.75. The van der Waals surface area contributed by atoms with Crippen LogP contribution in [0.4, 0.5) is 5.69 Å². The number of ether oxygens (including phenoxy) is 1. The molecule has 4 heteroatoms. The van der Waals surface area contributed by atoms with Crippen molar-refractivity contribution in [3.05, 3.63) is 29.8 Å². The molecule has 0 aromatic heterocycles. The molecule has 0 saturated carbocycles. The molecule has 1 aliphatic heterocycles. The van der Waals surface area contributed by atoms with Gasteiger partial charge in [-0.05, 0) is 37.1 Å². The van der Waals surface area contributed by atoms with E-state index in [-0.39, 0.29) is 17.9 Å². The lowest BCUT2D eigenvalue weighted by molar-refractivity contribution is -0.121. The SMILES string of the molecule is CCNCc1ccc(NC(=O)C2CCOC2CC)cc1. The molecule has 2 rings (SSSR count). The van der Waals surface area contributed by atoms with E-state index in [1.807, 2.05) is 24.3 Å². The first-order chi connectivity index (χ1) is 9.74. The molecule has 4 nitrogen and oxygen atoms in total. The minimum absolute atomic E-state index is 0.0126. The summed E-state index contributed by atoms with van der Waals surface area (Å²) in [5.41, 5.74) is 2.08. The maximum Gasteiger partial charge on any atom is 0.230 e. The summed E-state index contributed by atoms with van der Waals surface area (Å²) in [6.07, 6.45) is 1.78. The number of amides is 1. The van der Waals surface area contributed by atoms with Crippen LogP contribution in [0.3, 0.4) is 0 Å². The van der Waals surface area contributed by atoms with Gasteiger partial charge in [0.2, 0.25) is 5.91 Å². The van der Waals surface area contributed by atoms with Crippen LogP contribution < -0.4 is 10.6 Å². The van der Waals surface area contributed by atoms with Gasteiger partial charge >= 0.3 is 0 Å². The van der Waals surface area contributed by atoms with Gasteiger partial charge in [-0.3, -0.25) is 4.79 Å². The van der Waals surface area contributed by atoms with E-state index in [1.165, 1.54) is 5.56 Å². The predicted octanol–water partition coefficient (Wildman–Crippen LogP) is 2.55. The van der Waals surface area contributed by atoms with E-state index in [2.05, 4.69) is 24.5 Å². The maximum atomic E-state index is 12.2. The second-order valence-corrected chi connectivity index (χ2v) is 5.18. The summed E-state index contributed by atoms with van der Waals surface area (Å²) < 4.78 is 5.57. The third-order valence-corrected chi connectivity index (χ3v) is 3.75. The van der Waals surface area contributed by atoms with Gasteiger partial charge in [0.25, 0.3) is 0 Å². The van der Waals surface area contributed by atoms with Crippen LogP contribution in [0.2, 0.25) is 0 Å². The fourth-order valence-electron chi connectivity index (χ4n) is 2.56. The molecular formula is C16H24N2O2. The molecule has 0 spiro atoms. The highest BCUT2D eigenvalue weighted by Crippen LogP contribution is 2.25. The zero-order valence-corrected chi connectivity index (χ0v) is 12.3. The molecule has 1 aromatic rings. The summed E-state index contributed by atoms with van der Waals surface area (Å²) in [6.45, 7) is 6.66. The normalized spacial score (nSPS) is 21.9. The predicted molar refractivity (Wildman–Crippen MR) is 80.6 cm³/mol. The zero-order valence-electron chi connectivity index (χ0n) is 12.3. The Morgan fingerprint density at radius 1 is 1.30 bits per heavy atom. The number of carbonyl (C=O) groups is 1. The van der Waals surface area contributed by atoms with Crippen LogP contribution in [0.15, 0.2) is 24.3 Å². The summed E-state index contributed by atoms with van der Waals surface area (Å²) in [5.74, 6) is 0.0650. The van der Waals surface area contributed by atoms with Crippen LogP contribution in [-0.2, 0) is 16.1 Å². The topological polar surface area (TPSA) is 50.4 Å². The number of benzene rings is 1. The highest BCUT2D eigenvalue weighted by atomic mass is 16.5. The van der Waals surface area contributed by atoms with Crippen LogP contribution in [0, 0.1) is 5.92 Å². The van der Waals surface area contributed by atoms with Crippen LogP contribution in [0.25, 0.3) is 0 Å². The molecule has 1 amide bonds. The van der Waals surface area contributed by atoms with E-state index in [0.717, 1.165) is 31.6 Å². The van der Waals surface area contributed by atoms with E-state index >= 15 is 0 Å². The van der Waals surface area contributed by atoms with Crippen molar-refractivity contribution in [3.8, 4) is 0 Å². The van der Waals surface area contributed by atoms with Gasteiger partial charge in [-0.15, -0.1) is 0 Å². The van der Waals surface area contributed by atoms with Crippen LogP contribution in [-0.4, -0.2) is 25.2 Å². The standard InChI is InChI=1S/C16H24N2O2/c1-3-15-14(9-10-20-15)16(19)18-13-7-5-12(6-8-13)11-17-4-2/h5-8,14-15,17H,3-4,9-11H2,1-2H3,(H,18,19). The Hall–Kier alpha value is -1.39. The van der Waals surface area contributed by atoms with Crippen LogP contribution in [0.1, 0.15) is 32.3 Å². The van der Waals surface area contributed by atoms with Crippen molar-refractivity contribution < 1.29 is 9.53 Å². The Labute approximate surface area is 120 Å². The molecular weight excluding hydrogens is 252 g/mol. The Kier molecular flexibility index (Phi) is 5.56. The number of nitrogens with one attached hydrogen (secondary N) is 2. The second-order valence-electron chi connectivity index (χ2n) is 5.18. The van der Waals surface area contributed by atoms with E-state index in [1.54, 1.807) is 0 Å². The monoisotopic (exact) mass is 276 g/mol. The molecule has 2 unspecified atom stereocenters. The lowest BCUT2D eigenvalue weighted by Crippen LogP contribution is -2.29. The fourth-order valence-corrected chi connectivity index (χ4v) is 2.56. The molecule has 0 bridgehead atoms. The van der Waals surface area contributed by atoms with Crippen molar-refractivity contribution in [2.75, 3.05) is 18.5 Å². The molecule has 1 saturated heterocycles. The van der Waals surface area contributed by atoms with Gasteiger partial charge in [-0.25, -0.2) is 0 Å². The van der Waals surface area contributed by atoms with Gasteiger partial charge in [0.1, 0.15) is 0 Å². The van der Waals surface area contributed by atoms with E-state index in [4.69, 9.17) is 4.74 Å². The maximum absolute atomic E-state index is 12.2. The minimum atomic E-state index is -0.0126. The van der Waals surface area contributed by atoms with Crippen molar-refractivity contribution in [1.82, 2.24) is 5.32 Å². The van der Waals surface area contributed by atoms with Crippen molar-refractivity contribution in [2.24, 2.45) is 5.92 Å². The molecule has 1 fully saturated rings. The molecule has 2 atom stereocenters. The molecule has 1 aliphatic rings. The van der Waals surface area contributed by atoms with Crippen molar-refractivity contribution in [2.45, 2.75) is 39.3 Å². The number of hydrogen-bond acceptors (Lipinski definition) is 3. The largest absolute Gasteiger partial charge is 0.377 e. The highest BCUT2D eigenvalue weighted by molar-refractivity contribution is 5.93. The molecule has 20 heavy (non-hydrogen) atoms. The summed E-state index contributed by atoms with van der Waals surface area (Å²) in [6, 6.07) is 8.00. The van der Waals surface area contributed by atoms with Crippen molar-refractivity contribution in [3.63, 3.8) is 0 Å². The summed E-state index contributed by atoms with van der Waals surface area (Å²) >= 11 is 0. The quantitative estimate of drug-likeness (QED) is 0.839. The van der Waals surface area contributed by atoms with Gasteiger partial charge in [0.05, 0.1) is 12.0 Å². The molecule has 1 heterocycles. The Bertz CT molecular complexity index is 431. The van der Waals surface area contributed by atoms with E-state index < -0.39 is 0 Å². The van der Waals surface area contributed by atoms with Crippen molar-refractivity contribution in [1.29, 1.82) is 0 Å². The minimum Gasteiger partial charge on any atom is -0.377 e. The Morgan fingerprint density at radius 2 is 2.05 bits per heavy atom. The van der Waals surface area contributed by atoms with Crippen molar-refractivity contribution >= 4 is 11.6 Å². The second kappa shape index (κ2) is 7.41. The summed E-state index contributed by atoms with van der Waals surface area (Å²) in [4.78, 5) is 12.2. The summed E-state index contributed by atoms with van der Waals surface area (Å²) in [7, 11) is 0. The Balaban J connectivity index is 1.90. The van der Waals surface area contributed by atoms with Gasteiger partial charge in [0.15, 0.2) is 0 Å². The molecule has 1 aromatic carbocycles. The third kappa shape index (κ3) is 3.81. The van der Waals surface area contributed by atoms with Gasteiger partial charge in [-0.1, -0.05) is 26.0 Å². The van der Waals surface area contributed by atoms with Gasteiger partial charge in [0, 0.05) is 18.8 Å². The van der Waals surface area contributed by atoms with E-state index in [0.29, 0.717) is 6.61 Å². The van der Waals surface area contributed by atoms with Gasteiger partial charge < -0.3 is 15.4 Å². The Morgan fingerprint density at radius 3 is 2.70 bits per heavy atom. The first-order valence-corrected chi connectivity index (χ1v) is 7.46. The highest BCUT2D eigenvalue weighted by Gasteiger charge is 2.32. The average molecular weight is 276 g/mol. The van der Waals surface area contributed by atoms with E-state index in [9.17, 15) is 4.79 Å². The van der Waals surface area contributed by atoms with Gasteiger partial charge in [-0.2, -0.15) is 0 Å². The average Bonchev–Trinajstić information content (AvgIpc) is 2.95. The first kappa shape index (κ1) is 15.0. The lowest BCUT2D eigenvalue weighted by atomic mass is 9.98. The fraction of sp³-hybridized carbons (Fsp3) is 0.562. The zero-order chi connectivity index (χ0) is 14.4. The van der Waals surface area contributed by atoms with Crippen LogP contribution in [0.5, 0.6) is 0 Å².